The Labute approximate surface area is 120 Å². The van der Waals surface area contributed by atoms with Crippen LogP contribution in [0.2, 0.25) is 10.0 Å². The quantitative estimate of drug-likeness (QED) is 0.882. The third-order valence-electron chi connectivity index (χ3n) is 2.55. The lowest BCUT2D eigenvalue weighted by Crippen LogP contribution is -2.11. The molecule has 2 aromatic rings. The van der Waals surface area contributed by atoms with Gasteiger partial charge in [0.2, 0.25) is 0 Å². The van der Waals surface area contributed by atoms with E-state index in [9.17, 15) is 9.65 Å². The number of benzene rings is 2. The van der Waals surface area contributed by atoms with Crippen LogP contribution in [0.25, 0.3) is 0 Å². The van der Waals surface area contributed by atoms with Gasteiger partial charge in [0.25, 0.3) is 0 Å². The molecule has 1 N–H and O–H groups in total. The molecule has 0 saturated heterocycles. The van der Waals surface area contributed by atoms with Crippen LogP contribution >= 0.6 is 23.2 Å². The van der Waals surface area contributed by atoms with Crippen molar-refractivity contribution in [1.82, 2.24) is 0 Å². The van der Waals surface area contributed by atoms with Crippen LogP contribution in [0.5, 0.6) is 0 Å². The highest BCUT2D eigenvalue weighted by Gasteiger charge is 2.18. The van der Waals surface area contributed by atoms with Gasteiger partial charge in [-0.15, -0.1) is 0 Å². The third-order valence-corrected chi connectivity index (χ3v) is 3.12. The Balaban J connectivity index is 2.34. The lowest BCUT2D eigenvalue weighted by molar-refractivity contribution is 0.607. The summed E-state index contributed by atoms with van der Waals surface area (Å²) >= 11 is 11.8. The van der Waals surface area contributed by atoms with Gasteiger partial charge in [0.15, 0.2) is 0 Å². The smallest absolute Gasteiger partial charge is 0.144 e. The fourth-order valence-electron chi connectivity index (χ4n) is 1.70. The van der Waals surface area contributed by atoms with Gasteiger partial charge in [-0.2, -0.15) is 5.26 Å². The summed E-state index contributed by atoms with van der Waals surface area (Å²) < 4.78 is 13.8. The average molecular weight is 295 g/mol. The molecule has 0 bridgehead atoms. The van der Waals surface area contributed by atoms with Crippen LogP contribution in [0.15, 0.2) is 42.5 Å². The van der Waals surface area contributed by atoms with Crippen LogP contribution in [0.1, 0.15) is 11.6 Å². The van der Waals surface area contributed by atoms with Gasteiger partial charge >= 0.3 is 0 Å². The first-order valence-electron chi connectivity index (χ1n) is 5.47. The van der Waals surface area contributed by atoms with Gasteiger partial charge in [0.05, 0.1) is 6.07 Å². The largest absolute Gasteiger partial charge is 0.366 e. The van der Waals surface area contributed by atoms with E-state index in [4.69, 9.17) is 23.2 Å². The fraction of sp³-hybridized carbons (Fsp3) is 0.0714. The Kier molecular flexibility index (Phi) is 4.26. The molecular formula is C14H9Cl2FN2. The average Bonchev–Trinajstić information content (AvgIpc) is 2.37. The SMILES string of the molecule is N#CC(Nc1cccc(Cl)c1)c1c(F)cccc1Cl. The zero-order chi connectivity index (χ0) is 13.8. The zero-order valence-corrected chi connectivity index (χ0v) is 11.2. The topological polar surface area (TPSA) is 35.8 Å². The van der Waals surface area contributed by atoms with Crippen LogP contribution in [-0.4, -0.2) is 0 Å². The van der Waals surface area contributed by atoms with Crippen LogP contribution in [-0.2, 0) is 0 Å². The Morgan fingerprint density at radius 2 is 1.89 bits per heavy atom. The summed E-state index contributed by atoms with van der Waals surface area (Å²) in [7, 11) is 0. The maximum atomic E-state index is 13.8. The second-order valence-corrected chi connectivity index (χ2v) is 4.70. The van der Waals surface area contributed by atoms with E-state index in [2.05, 4.69) is 5.32 Å². The van der Waals surface area contributed by atoms with Crippen molar-refractivity contribution < 1.29 is 4.39 Å². The molecule has 19 heavy (non-hydrogen) atoms. The van der Waals surface area contributed by atoms with E-state index in [1.807, 2.05) is 6.07 Å². The first kappa shape index (κ1) is 13.7. The summed E-state index contributed by atoms with van der Waals surface area (Å²) in [5, 5.41) is 12.8. The highest BCUT2D eigenvalue weighted by atomic mass is 35.5. The maximum Gasteiger partial charge on any atom is 0.144 e. The molecule has 0 aliphatic rings. The molecule has 0 aliphatic carbocycles. The molecule has 2 nitrogen and oxygen atoms in total. The molecule has 96 valence electrons. The lowest BCUT2D eigenvalue weighted by atomic mass is 10.1. The highest BCUT2D eigenvalue weighted by Crippen LogP contribution is 2.28. The molecule has 0 aromatic heterocycles. The molecule has 0 radical (unpaired) electrons. The van der Waals surface area contributed by atoms with Crippen LogP contribution in [0.4, 0.5) is 10.1 Å². The second kappa shape index (κ2) is 5.92. The summed E-state index contributed by atoms with van der Waals surface area (Å²) in [5.74, 6) is -0.520. The molecule has 2 aromatic carbocycles. The number of nitriles is 1. The van der Waals surface area contributed by atoms with E-state index in [0.29, 0.717) is 10.7 Å². The first-order chi connectivity index (χ1) is 9.11. The fourth-order valence-corrected chi connectivity index (χ4v) is 2.16. The van der Waals surface area contributed by atoms with Crippen LogP contribution in [0.3, 0.4) is 0 Å². The van der Waals surface area contributed by atoms with Crippen LogP contribution < -0.4 is 5.32 Å². The summed E-state index contributed by atoms with van der Waals surface area (Å²) in [4.78, 5) is 0. The number of nitrogens with zero attached hydrogens (tertiary/aromatic N) is 1. The zero-order valence-electron chi connectivity index (χ0n) is 9.70. The molecule has 1 atom stereocenters. The Bertz CT molecular complexity index is 617. The maximum absolute atomic E-state index is 13.8. The van der Waals surface area contributed by atoms with Crippen molar-refractivity contribution in [3.63, 3.8) is 0 Å². The van der Waals surface area contributed by atoms with E-state index < -0.39 is 11.9 Å². The highest BCUT2D eigenvalue weighted by molar-refractivity contribution is 6.31. The molecule has 0 saturated carbocycles. The van der Waals surface area contributed by atoms with Gasteiger partial charge < -0.3 is 5.32 Å². The molecule has 0 heterocycles. The Morgan fingerprint density at radius 3 is 2.53 bits per heavy atom. The van der Waals surface area contributed by atoms with Crippen molar-refractivity contribution in [2.75, 3.05) is 5.32 Å². The number of hydrogen-bond donors (Lipinski definition) is 1. The van der Waals surface area contributed by atoms with Crippen molar-refractivity contribution in [1.29, 1.82) is 5.26 Å². The Morgan fingerprint density at radius 1 is 1.16 bits per heavy atom. The number of nitrogens with one attached hydrogen (secondary N) is 1. The van der Waals surface area contributed by atoms with Crippen molar-refractivity contribution in [2.45, 2.75) is 6.04 Å². The minimum Gasteiger partial charge on any atom is -0.366 e. The molecular weight excluding hydrogens is 286 g/mol. The third kappa shape index (κ3) is 3.17. The molecule has 0 aliphatic heterocycles. The summed E-state index contributed by atoms with van der Waals surface area (Å²) in [5.41, 5.74) is 0.755. The van der Waals surface area contributed by atoms with E-state index in [-0.39, 0.29) is 10.6 Å². The second-order valence-electron chi connectivity index (χ2n) is 3.85. The van der Waals surface area contributed by atoms with Gasteiger partial charge in [-0.1, -0.05) is 35.3 Å². The molecule has 0 amide bonds. The van der Waals surface area contributed by atoms with Gasteiger partial charge in [0, 0.05) is 21.3 Å². The van der Waals surface area contributed by atoms with Gasteiger partial charge in [-0.05, 0) is 30.3 Å². The molecule has 0 spiro atoms. The van der Waals surface area contributed by atoms with Gasteiger partial charge in [-0.25, -0.2) is 4.39 Å². The monoisotopic (exact) mass is 294 g/mol. The Hall–Kier alpha value is -1.76. The molecule has 2 rings (SSSR count). The minimum atomic E-state index is -0.882. The van der Waals surface area contributed by atoms with Crippen molar-refractivity contribution in [2.24, 2.45) is 0 Å². The summed E-state index contributed by atoms with van der Waals surface area (Å²) in [6.45, 7) is 0. The standard InChI is InChI=1S/C14H9Cl2FN2/c15-9-3-1-4-10(7-9)19-13(8-18)14-11(16)5-2-6-12(14)17/h1-7,13,19H. The predicted molar refractivity (Wildman–Crippen MR) is 74.8 cm³/mol. The van der Waals surface area contributed by atoms with Crippen molar-refractivity contribution in [3.8, 4) is 6.07 Å². The van der Waals surface area contributed by atoms with Crippen molar-refractivity contribution >= 4 is 28.9 Å². The summed E-state index contributed by atoms with van der Waals surface area (Å²) in [6.07, 6.45) is 0. The first-order valence-corrected chi connectivity index (χ1v) is 6.23. The van der Waals surface area contributed by atoms with E-state index in [0.717, 1.165) is 0 Å². The predicted octanol–water partition coefficient (Wildman–Crippen LogP) is 4.81. The molecule has 1 unspecified atom stereocenters. The van der Waals surface area contributed by atoms with Crippen molar-refractivity contribution in [3.05, 3.63) is 63.9 Å². The molecule has 5 heteroatoms. The number of anilines is 1. The van der Waals surface area contributed by atoms with E-state index in [1.54, 1.807) is 30.3 Å². The number of rotatable bonds is 3. The van der Waals surface area contributed by atoms with Crippen LogP contribution in [0, 0.1) is 17.1 Å². The van der Waals surface area contributed by atoms with Gasteiger partial charge in [-0.3, -0.25) is 0 Å². The van der Waals surface area contributed by atoms with E-state index in [1.165, 1.54) is 12.1 Å². The normalized spacial score (nSPS) is 11.7. The molecule has 0 fully saturated rings. The lowest BCUT2D eigenvalue weighted by Gasteiger charge is -2.15. The number of hydrogen-bond acceptors (Lipinski definition) is 2. The number of halogens is 3. The van der Waals surface area contributed by atoms with E-state index >= 15 is 0 Å². The minimum absolute atomic E-state index is 0.131. The van der Waals surface area contributed by atoms with Gasteiger partial charge in [0.1, 0.15) is 11.9 Å². The summed E-state index contributed by atoms with van der Waals surface area (Å²) in [6, 6.07) is 12.3.